The van der Waals surface area contributed by atoms with E-state index in [0.29, 0.717) is 49.1 Å². The number of methoxy groups -OCH3 is 1. The molecule has 0 aromatic heterocycles. The average Bonchev–Trinajstić information content (AvgIpc) is 3.25. The van der Waals surface area contributed by atoms with E-state index in [2.05, 4.69) is 28.4 Å². The lowest BCUT2D eigenvalue weighted by atomic mass is 9.54. The number of esters is 1. The quantitative estimate of drug-likeness (QED) is 0.429. The molecule has 1 saturated carbocycles. The number of carbonyl (C=O) groups excluding carboxylic acids is 2. The summed E-state index contributed by atoms with van der Waals surface area (Å²) >= 11 is 0. The highest BCUT2D eigenvalue weighted by Gasteiger charge is 2.61. The van der Waals surface area contributed by atoms with Crippen molar-refractivity contribution in [2.75, 3.05) is 39.9 Å². The fourth-order valence-electron chi connectivity index (χ4n) is 7.51. The highest BCUT2D eigenvalue weighted by Crippen LogP contribution is 2.62. The first-order valence-corrected chi connectivity index (χ1v) is 14.3. The van der Waals surface area contributed by atoms with Gasteiger partial charge in [-0.05, 0) is 43.2 Å². The number of nitrogens with zero attached hydrogens (tertiary/aromatic N) is 2. The molecule has 0 spiro atoms. The second-order valence-electron chi connectivity index (χ2n) is 12.2. The monoisotopic (exact) mass is 546 g/mol. The summed E-state index contributed by atoms with van der Waals surface area (Å²) in [5.74, 6) is -1.64. The van der Waals surface area contributed by atoms with Gasteiger partial charge in [0.1, 0.15) is 6.10 Å². The van der Waals surface area contributed by atoms with Crippen LogP contribution < -0.4 is 0 Å². The van der Waals surface area contributed by atoms with E-state index in [9.17, 15) is 19.8 Å². The van der Waals surface area contributed by atoms with Gasteiger partial charge in [0.05, 0.1) is 23.7 Å². The van der Waals surface area contributed by atoms with Gasteiger partial charge in [0.15, 0.2) is 5.76 Å². The molecule has 8 heteroatoms. The molecule has 8 nitrogen and oxygen atoms in total. The Bertz CT molecular complexity index is 1290. The first-order valence-electron chi connectivity index (χ1n) is 14.3. The molecular weight excluding hydrogens is 508 g/mol. The van der Waals surface area contributed by atoms with Gasteiger partial charge in [0, 0.05) is 69.0 Å². The lowest BCUT2D eigenvalue weighted by Gasteiger charge is -2.52. The Hall–Kier alpha value is -2.94. The summed E-state index contributed by atoms with van der Waals surface area (Å²) in [6.07, 6.45) is 5.71. The summed E-state index contributed by atoms with van der Waals surface area (Å²) in [6, 6.07) is 10.3. The molecule has 1 unspecified atom stereocenters. The summed E-state index contributed by atoms with van der Waals surface area (Å²) in [5.41, 5.74) is 1.43. The molecule has 3 fully saturated rings. The molecule has 6 rings (SSSR count). The van der Waals surface area contributed by atoms with E-state index in [-0.39, 0.29) is 18.1 Å². The molecule has 2 radical (unpaired) electrons. The molecule has 212 valence electrons. The van der Waals surface area contributed by atoms with Crippen LogP contribution in [0.1, 0.15) is 38.7 Å². The zero-order valence-electron chi connectivity index (χ0n) is 23.5. The highest BCUT2D eigenvalue weighted by atomic mass is 16.6. The van der Waals surface area contributed by atoms with Crippen molar-refractivity contribution in [1.29, 1.82) is 0 Å². The van der Waals surface area contributed by atoms with Crippen LogP contribution in [0, 0.1) is 23.2 Å². The predicted molar refractivity (Wildman–Crippen MR) is 148 cm³/mol. The third-order valence-corrected chi connectivity index (χ3v) is 9.95. The Labute approximate surface area is 235 Å². The molecule has 1 aromatic rings. The Balaban J connectivity index is 1.33. The lowest BCUT2D eigenvalue weighted by molar-refractivity contribution is -0.156. The van der Waals surface area contributed by atoms with Crippen LogP contribution in [0.25, 0.3) is 0 Å². The SMILES string of the molecule is COC[C@H]1OC(=O)/C(=C/N2CCN(Cc3ccccc3)CC2)C2=C(O)C(=O)C3=C([C]C[C@@]4(C)C3CC[C@@H]4O)[C@]21C. The predicted octanol–water partition coefficient (Wildman–Crippen LogP) is 3.22. The van der Waals surface area contributed by atoms with E-state index in [1.54, 1.807) is 13.3 Å². The van der Waals surface area contributed by atoms with Gasteiger partial charge in [-0.3, -0.25) is 9.69 Å². The van der Waals surface area contributed by atoms with Crippen molar-refractivity contribution < 1.29 is 29.3 Å². The van der Waals surface area contributed by atoms with E-state index in [1.165, 1.54) is 5.56 Å². The number of benzene rings is 1. The van der Waals surface area contributed by atoms with Gasteiger partial charge >= 0.3 is 5.97 Å². The number of aliphatic hydroxyl groups excluding tert-OH is 2. The number of rotatable bonds is 5. The maximum atomic E-state index is 13.9. The van der Waals surface area contributed by atoms with Crippen molar-refractivity contribution in [2.45, 2.75) is 51.9 Å². The summed E-state index contributed by atoms with van der Waals surface area (Å²) in [6.45, 7) is 7.94. The molecule has 3 aliphatic carbocycles. The fourth-order valence-corrected chi connectivity index (χ4v) is 7.51. The molecule has 0 amide bonds. The molecule has 0 bridgehead atoms. The minimum atomic E-state index is -1.01. The molecule has 1 aromatic carbocycles. The minimum absolute atomic E-state index is 0.113. The summed E-state index contributed by atoms with van der Waals surface area (Å²) in [4.78, 5) is 31.7. The zero-order valence-corrected chi connectivity index (χ0v) is 23.5. The van der Waals surface area contributed by atoms with Crippen LogP contribution >= 0.6 is 0 Å². The van der Waals surface area contributed by atoms with Crippen molar-refractivity contribution >= 4 is 11.8 Å². The molecule has 2 saturated heterocycles. The summed E-state index contributed by atoms with van der Waals surface area (Å²) in [7, 11) is 1.54. The number of ether oxygens (including phenoxy) is 2. The van der Waals surface area contributed by atoms with E-state index in [1.807, 2.05) is 32.0 Å². The standard InChI is InChI=1S/C32H38N2O6/c1-31-12-11-23-26(22(31)9-10-24(31)35)28(36)29(37)27-21(30(38)40-25(19-39-3)32(23,27)2)18-34-15-13-33(14-16-34)17-20-7-5-4-6-8-20/h4-8,18,22,24-25,35,37H,9-10,12-17,19H2,1-3H3/b21-18+/t22?,24-,25+,31-,32-/m0/s1. The second kappa shape index (κ2) is 10.2. The van der Waals surface area contributed by atoms with Gasteiger partial charge in [0.2, 0.25) is 5.78 Å². The normalized spacial score (nSPS) is 35.5. The van der Waals surface area contributed by atoms with Gasteiger partial charge in [-0.2, -0.15) is 0 Å². The average molecular weight is 547 g/mol. The van der Waals surface area contributed by atoms with Crippen LogP contribution in [0.4, 0.5) is 0 Å². The van der Waals surface area contributed by atoms with Crippen molar-refractivity contribution in [1.82, 2.24) is 9.80 Å². The molecule has 40 heavy (non-hydrogen) atoms. The largest absolute Gasteiger partial charge is 0.504 e. The van der Waals surface area contributed by atoms with E-state index in [4.69, 9.17) is 9.47 Å². The van der Waals surface area contributed by atoms with Crippen LogP contribution in [0.5, 0.6) is 0 Å². The minimum Gasteiger partial charge on any atom is -0.504 e. The molecule has 2 heterocycles. The zero-order chi connectivity index (χ0) is 28.2. The number of fused-ring (bicyclic) bond motifs is 4. The molecule has 2 N–H and O–H groups in total. The number of ketones is 1. The Morgan fingerprint density at radius 1 is 1.12 bits per heavy atom. The van der Waals surface area contributed by atoms with Crippen molar-refractivity contribution in [3.63, 3.8) is 0 Å². The van der Waals surface area contributed by atoms with E-state index < -0.39 is 40.5 Å². The van der Waals surface area contributed by atoms with Crippen LogP contribution in [-0.2, 0) is 25.6 Å². The third-order valence-electron chi connectivity index (χ3n) is 9.95. The number of hydrogen-bond acceptors (Lipinski definition) is 8. The Morgan fingerprint density at radius 2 is 1.85 bits per heavy atom. The number of allylic oxidation sites excluding steroid dienone is 1. The van der Waals surface area contributed by atoms with Crippen LogP contribution in [0.15, 0.2) is 64.6 Å². The number of Topliss-reactive ketones (excluding diaryl/α,β-unsaturated/α-hetero) is 1. The highest BCUT2D eigenvalue weighted by molar-refractivity contribution is 6.13. The number of aliphatic hydroxyl groups is 2. The number of carbonyl (C=O) groups is 2. The first kappa shape index (κ1) is 27.2. The van der Waals surface area contributed by atoms with Gasteiger partial charge in [0.25, 0.3) is 0 Å². The number of piperazine rings is 1. The Kier molecular flexibility index (Phi) is 6.92. The fraction of sp³-hybridized carbons (Fsp3) is 0.531. The van der Waals surface area contributed by atoms with E-state index >= 15 is 0 Å². The van der Waals surface area contributed by atoms with Gasteiger partial charge in [-0.1, -0.05) is 37.3 Å². The number of hydrogen-bond donors (Lipinski definition) is 2. The topological polar surface area (TPSA) is 99.5 Å². The van der Waals surface area contributed by atoms with Gasteiger partial charge in [-0.15, -0.1) is 0 Å². The third kappa shape index (κ3) is 4.14. The molecular formula is C32H38N2O6. The summed E-state index contributed by atoms with van der Waals surface area (Å²) in [5, 5.41) is 22.3. The van der Waals surface area contributed by atoms with Crippen LogP contribution in [0.3, 0.4) is 0 Å². The maximum Gasteiger partial charge on any atom is 0.340 e. The number of cyclic esters (lactones) is 1. The second-order valence-corrected chi connectivity index (χ2v) is 12.2. The Morgan fingerprint density at radius 3 is 2.55 bits per heavy atom. The van der Waals surface area contributed by atoms with E-state index in [0.717, 1.165) is 19.6 Å². The van der Waals surface area contributed by atoms with Gasteiger partial charge in [-0.25, -0.2) is 4.79 Å². The van der Waals surface area contributed by atoms with Crippen LogP contribution in [-0.4, -0.2) is 83.9 Å². The molecule has 5 atom stereocenters. The van der Waals surface area contributed by atoms with Crippen LogP contribution in [0.2, 0.25) is 0 Å². The lowest BCUT2D eigenvalue weighted by Crippen LogP contribution is -2.54. The summed E-state index contributed by atoms with van der Waals surface area (Å²) < 4.78 is 11.5. The van der Waals surface area contributed by atoms with Crippen molar-refractivity contribution in [3.8, 4) is 0 Å². The van der Waals surface area contributed by atoms with Crippen molar-refractivity contribution in [2.24, 2.45) is 16.7 Å². The van der Waals surface area contributed by atoms with Gasteiger partial charge < -0.3 is 24.6 Å². The molecule has 5 aliphatic rings. The molecule has 2 aliphatic heterocycles. The first-order chi connectivity index (χ1) is 19.2. The smallest absolute Gasteiger partial charge is 0.340 e. The van der Waals surface area contributed by atoms with Crippen molar-refractivity contribution in [3.05, 3.63) is 76.6 Å². The maximum absolute atomic E-state index is 13.9.